The number of halogens is 1. The predicted octanol–water partition coefficient (Wildman–Crippen LogP) is 4.77. The number of nitrogens with one attached hydrogen (secondary N) is 1. The molecule has 4 aromatic rings. The van der Waals surface area contributed by atoms with E-state index in [0.717, 1.165) is 27.8 Å². The van der Waals surface area contributed by atoms with E-state index in [1.807, 2.05) is 56.3 Å². The van der Waals surface area contributed by atoms with E-state index in [1.54, 1.807) is 17.0 Å². The van der Waals surface area contributed by atoms with E-state index >= 15 is 0 Å². The summed E-state index contributed by atoms with van der Waals surface area (Å²) in [6.07, 6.45) is 0.521. The number of aliphatic hydroxyl groups excluding tert-OH is 1. The second kappa shape index (κ2) is 10.8. The molecule has 0 aliphatic carbocycles. The van der Waals surface area contributed by atoms with E-state index in [0.29, 0.717) is 18.7 Å². The molecule has 0 fully saturated rings. The fraction of sp³-hybridized carbons (Fsp3) is 0.207. The van der Waals surface area contributed by atoms with E-state index < -0.39 is 16.1 Å². The molecule has 0 radical (unpaired) electrons. The van der Waals surface area contributed by atoms with Crippen molar-refractivity contribution >= 4 is 33.5 Å². The standard InChI is InChI=1S/C29H27ClN4O4S/c1-18-7-5-8-19(2)27(18)25-15-26(30)32-29(31-25)33-39(37,38)24-12-6-11-21(14-24)28(36)34-16-22-10-4-3-9-20(22)13-23(34)17-35/h3-12,14-15,23,35H,13,16-17H2,1-2H3,(H,31,32,33)/t23-/m0/s1. The third-order valence-electron chi connectivity index (χ3n) is 6.88. The van der Waals surface area contributed by atoms with Crippen LogP contribution in [0.1, 0.15) is 32.6 Å². The van der Waals surface area contributed by atoms with Gasteiger partial charge in [-0.15, -0.1) is 0 Å². The highest BCUT2D eigenvalue weighted by atomic mass is 35.5. The molecule has 1 atom stereocenters. The Hall–Kier alpha value is -3.79. The molecule has 1 aromatic heterocycles. The lowest BCUT2D eigenvalue weighted by Gasteiger charge is -2.36. The van der Waals surface area contributed by atoms with Crippen molar-refractivity contribution < 1.29 is 18.3 Å². The largest absolute Gasteiger partial charge is 0.394 e. The molecule has 2 N–H and O–H groups in total. The number of rotatable bonds is 6. The minimum absolute atomic E-state index is 0.0877. The Bertz CT molecular complexity index is 1660. The monoisotopic (exact) mass is 562 g/mol. The first-order valence-electron chi connectivity index (χ1n) is 12.4. The summed E-state index contributed by atoms with van der Waals surface area (Å²) in [5.74, 6) is -0.540. The van der Waals surface area contributed by atoms with Gasteiger partial charge in [-0.05, 0) is 60.7 Å². The molecule has 0 spiro atoms. The van der Waals surface area contributed by atoms with Gasteiger partial charge in [0.1, 0.15) is 5.15 Å². The Labute approximate surface area is 232 Å². The number of aromatic nitrogens is 2. The summed E-state index contributed by atoms with van der Waals surface area (Å²) in [7, 11) is -4.16. The highest BCUT2D eigenvalue weighted by Crippen LogP contribution is 2.29. The first-order chi connectivity index (χ1) is 18.7. The quantitative estimate of drug-likeness (QED) is 0.327. The molecule has 1 amide bonds. The van der Waals surface area contributed by atoms with E-state index in [9.17, 15) is 18.3 Å². The summed E-state index contributed by atoms with van der Waals surface area (Å²) in [4.78, 5) is 23.4. The maximum atomic E-state index is 13.5. The van der Waals surface area contributed by atoms with Crippen LogP contribution in [0.15, 0.2) is 77.7 Å². The molecule has 10 heteroatoms. The van der Waals surface area contributed by atoms with Crippen molar-refractivity contribution in [3.63, 3.8) is 0 Å². The van der Waals surface area contributed by atoms with Gasteiger partial charge in [-0.2, -0.15) is 0 Å². The fourth-order valence-corrected chi connectivity index (χ4v) is 6.11. The van der Waals surface area contributed by atoms with Crippen molar-refractivity contribution in [2.45, 2.75) is 37.8 Å². The van der Waals surface area contributed by atoms with Gasteiger partial charge in [0.05, 0.1) is 23.2 Å². The number of benzene rings is 3. The number of amides is 1. The van der Waals surface area contributed by atoms with Crippen LogP contribution in [-0.4, -0.2) is 46.9 Å². The molecule has 3 aromatic carbocycles. The van der Waals surface area contributed by atoms with Gasteiger partial charge >= 0.3 is 0 Å². The van der Waals surface area contributed by atoms with Gasteiger partial charge < -0.3 is 10.0 Å². The highest BCUT2D eigenvalue weighted by Gasteiger charge is 2.30. The lowest BCUT2D eigenvalue weighted by molar-refractivity contribution is 0.0544. The molecule has 1 aliphatic heterocycles. The summed E-state index contributed by atoms with van der Waals surface area (Å²) >= 11 is 6.24. The number of hydrogen-bond acceptors (Lipinski definition) is 6. The van der Waals surface area contributed by atoms with Crippen molar-refractivity contribution in [1.29, 1.82) is 0 Å². The third-order valence-corrected chi connectivity index (χ3v) is 8.40. The van der Waals surface area contributed by atoms with E-state index in [1.165, 1.54) is 18.2 Å². The third kappa shape index (κ3) is 5.52. The van der Waals surface area contributed by atoms with Crippen LogP contribution in [0.4, 0.5) is 5.95 Å². The Morgan fingerprint density at radius 2 is 1.69 bits per heavy atom. The number of nitrogens with zero attached hydrogens (tertiary/aromatic N) is 3. The van der Waals surface area contributed by atoms with Crippen LogP contribution in [0.25, 0.3) is 11.3 Å². The second-order valence-electron chi connectivity index (χ2n) is 9.54. The van der Waals surface area contributed by atoms with Crippen LogP contribution in [0, 0.1) is 13.8 Å². The number of sulfonamides is 1. The van der Waals surface area contributed by atoms with Crippen molar-refractivity contribution in [3.05, 3.63) is 106 Å². The zero-order valence-corrected chi connectivity index (χ0v) is 23.0. The second-order valence-corrected chi connectivity index (χ2v) is 11.6. The van der Waals surface area contributed by atoms with Gasteiger partial charge in [0.25, 0.3) is 15.9 Å². The molecule has 200 valence electrons. The molecule has 0 bridgehead atoms. The zero-order valence-electron chi connectivity index (χ0n) is 21.4. The number of fused-ring (bicyclic) bond motifs is 1. The minimum atomic E-state index is -4.16. The maximum absolute atomic E-state index is 13.5. The van der Waals surface area contributed by atoms with Gasteiger partial charge in [-0.3, -0.25) is 4.79 Å². The van der Waals surface area contributed by atoms with Crippen molar-refractivity contribution in [2.75, 3.05) is 11.3 Å². The summed E-state index contributed by atoms with van der Waals surface area (Å²) in [6, 6.07) is 20.5. The van der Waals surface area contributed by atoms with Crippen LogP contribution < -0.4 is 4.72 Å². The Morgan fingerprint density at radius 1 is 1.00 bits per heavy atom. The van der Waals surface area contributed by atoms with Crippen molar-refractivity contribution in [1.82, 2.24) is 14.9 Å². The van der Waals surface area contributed by atoms with Gasteiger partial charge in [-0.25, -0.2) is 23.1 Å². The smallest absolute Gasteiger partial charge is 0.264 e. The van der Waals surface area contributed by atoms with Crippen molar-refractivity contribution in [3.8, 4) is 11.3 Å². The molecular weight excluding hydrogens is 536 g/mol. The first-order valence-corrected chi connectivity index (χ1v) is 14.2. The number of carbonyl (C=O) groups is 1. The molecule has 5 rings (SSSR count). The number of anilines is 1. The average Bonchev–Trinajstić information content (AvgIpc) is 2.91. The Morgan fingerprint density at radius 3 is 2.41 bits per heavy atom. The maximum Gasteiger partial charge on any atom is 0.264 e. The van der Waals surface area contributed by atoms with Gasteiger partial charge in [0.2, 0.25) is 5.95 Å². The van der Waals surface area contributed by atoms with Crippen LogP contribution in [0.3, 0.4) is 0 Å². The highest BCUT2D eigenvalue weighted by molar-refractivity contribution is 7.92. The lowest BCUT2D eigenvalue weighted by atomic mass is 9.93. The van der Waals surface area contributed by atoms with E-state index in [2.05, 4.69) is 14.7 Å². The molecule has 2 heterocycles. The average molecular weight is 563 g/mol. The normalized spacial score (nSPS) is 15.1. The van der Waals surface area contributed by atoms with Crippen molar-refractivity contribution in [2.24, 2.45) is 0 Å². The first kappa shape index (κ1) is 26.8. The molecule has 0 saturated carbocycles. The van der Waals surface area contributed by atoms with Crippen LogP contribution in [0.5, 0.6) is 0 Å². The molecule has 0 saturated heterocycles. The van der Waals surface area contributed by atoms with Gasteiger partial charge in [0.15, 0.2) is 0 Å². The molecule has 1 aliphatic rings. The zero-order chi connectivity index (χ0) is 27.7. The lowest BCUT2D eigenvalue weighted by Crippen LogP contribution is -2.46. The topological polar surface area (TPSA) is 112 Å². The van der Waals surface area contributed by atoms with Gasteiger partial charge in [-0.1, -0.05) is 60.1 Å². The summed E-state index contributed by atoms with van der Waals surface area (Å²) in [5.41, 5.74) is 5.54. The van der Waals surface area contributed by atoms with Gasteiger partial charge in [0, 0.05) is 23.7 Å². The molecule has 39 heavy (non-hydrogen) atoms. The number of carbonyl (C=O) groups excluding carboxylic acids is 1. The van der Waals surface area contributed by atoms with E-state index in [-0.39, 0.29) is 34.1 Å². The van der Waals surface area contributed by atoms with Crippen LogP contribution in [0.2, 0.25) is 5.15 Å². The Kier molecular flexibility index (Phi) is 7.40. The molecule has 8 nitrogen and oxygen atoms in total. The molecule has 0 unspecified atom stereocenters. The number of hydrogen-bond donors (Lipinski definition) is 2. The summed E-state index contributed by atoms with van der Waals surface area (Å²) < 4.78 is 29.1. The van der Waals surface area contributed by atoms with E-state index in [4.69, 9.17) is 11.6 Å². The number of aliphatic hydroxyl groups is 1. The summed E-state index contributed by atoms with van der Waals surface area (Å²) in [6.45, 7) is 4.00. The summed E-state index contributed by atoms with van der Waals surface area (Å²) in [5, 5.41) is 10.1. The predicted molar refractivity (Wildman–Crippen MR) is 150 cm³/mol. The van der Waals surface area contributed by atoms with Crippen LogP contribution >= 0.6 is 11.6 Å². The SMILES string of the molecule is Cc1cccc(C)c1-c1cc(Cl)nc(NS(=O)(=O)c2cccc(C(=O)N3Cc4ccccc4C[C@H]3CO)c2)n1. The Balaban J connectivity index is 1.43. The molecular formula is C29H27ClN4O4S. The fourth-order valence-electron chi connectivity index (χ4n) is 4.94. The van der Waals surface area contributed by atoms with Crippen LogP contribution in [-0.2, 0) is 23.0 Å². The number of aryl methyl sites for hydroxylation is 2. The minimum Gasteiger partial charge on any atom is -0.394 e.